The van der Waals surface area contributed by atoms with Gasteiger partial charge in [-0.05, 0) is 34.1 Å². The summed E-state index contributed by atoms with van der Waals surface area (Å²) in [5.41, 5.74) is 0.481. The van der Waals surface area contributed by atoms with Crippen LogP contribution in [0.15, 0.2) is 52.0 Å². The maximum absolute atomic E-state index is 12.2. The number of pyridine rings is 1. The molecule has 0 unspecified atom stereocenters. The van der Waals surface area contributed by atoms with E-state index in [0.717, 1.165) is 0 Å². The van der Waals surface area contributed by atoms with E-state index in [1.54, 1.807) is 36.4 Å². The summed E-state index contributed by atoms with van der Waals surface area (Å²) < 4.78 is 25.0. The van der Waals surface area contributed by atoms with E-state index in [9.17, 15) is 8.42 Å². The second kappa shape index (κ2) is 5.38. The largest absolute Gasteiger partial charge is 0.243 e. The molecule has 0 aliphatic carbocycles. The monoisotopic (exact) mass is 345 g/mol. The SMILES string of the molecule is O=S(=O)(Cc1cc(Br)cnc1Cl)c1ccccc1. The number of rotatable bonds is 3. The third kappa shape index (κ3) is 3.10. The lowest BCUT2D eigenvalue weighted by atomic mass is 10.3. The predicted molar refractivity (Wildman–Crippen MR) is 74.3 cm³/mol. The summed E-state index contributed by atoms with van der Waals surface area (Å²) in [6.45, 7) is 0. The third-order valence-corrected chi connectivity index (χ3v) is 4.78. The summed E-state index contributed by atoms with van der Waals surface area (Å²) in [6.07, 6.45) is 1.53. The number of halogens is 2. The molecule has 1 heterocycles. The first-order valence-corrected chi connectivity index (χ1v) is 7.89. The van der Waals surface area contributed by atoms with Gasteiger partial charge in [-0.15, -0.1) is 0 Å². The number of sulfone groups is 1. The standard InChI is InChI=1S/C12H9BrClNO2S/c13-10-6-9(12(14)15-7-10)8-18(16,17)11-4-2-1-3-5-11/h1-7H,8H2. The second-order valence-electron chi connectivity index (χ2n) is 3.68. The van der Waals surface area contributed by atoms with Gasteiger partial charge in [0.05, 0.1) is 10.6 Å². The molecule has 0 spiro atoms. The van der Waals surface area contributed by atoms with Crippen molar-refractivity contribution in [3.63, 3.8) is 0 Å². The lowest BCUT2D eigenvalue weighted by molar-refractivity contribution is 0.595. The summed E-state index contributed by atoms with van der Waals surface area (Å²) in [6, 6.07) is 9.94. The Morgan fingerprint density at radius 3 is 2.56 bits per heavy atom. The molecule has 0 aliphatic rings. The Labute approximate surface area is 119 Å². The van der Waals surface area contributed by atoms with Crippen molar-refractivity contribution in [2.75, 3.05) is 0 Å². The van der Waals surface area contributed by atoms with E-state index in [1.807, 2.05) is 0 Å². The molecule has 0 saturated heterocycles. The Balaban J connectivity index is 2.37. The Kier molecular flexibility index (Phi) is 4.04. The van der Waals surface area contributed by atoms with Crippen molar-refractivity contribution in [2.45, 2.75) is 10.6 Å². The molecule has 0 saturated carbocycles. The van der Waals surface area contributed by atoms with Gasteiger partial charge in [0.2, 0.25) is 0 Å². The van der Waals surface area contributed by atoms with Crippen LogP contribution >= 0.6 is 27.5 Å². The minimum atomic E-state index is -3.40. The fourth-order valence-electron chi connectivity index (χ4n) is 1.48. The molecule has 0 amide bonds. The van der Waals surface area contributed by atoms with Gasteiger partial charge in [0.25, 0.3) is 0 Å². The van der Waals surface area contributed by atoms with Crippen LogP contribution in [0.3, 0.4) is 0 Å². The summed E-state index contributed by atoms with van der Waals surface area (Å²) in [5, 5.41) is 0.206. The Morgan fingerprint density at radius 2 is 1.89 bits per heavy atom. The summed E-state index contributed by atoms with van der Waals surface area (Å²) in [4.78, 5) is 4.19. The fourth-order valence-corrected chi connectivity index (χ4v) is 3.48. The topological polar surface area (TPSA) is 47.0 Å². The summed E-state index contributed by atoms with van der Waals surface area (Å²) in [5.74, 6) is -0.164. The average molecular weight is 347 g/mol. The van der Waals surface area contributed by atoms with Crippen LogP contribution in [-0.4, -0.2) is 13.4 Å². The molecule has 6 heteroatoms. The van der Waals surface area contributed by atoms with Crippen molar-refractivity contribution in [2.24, 2.45) is 0 Å². The number of hydrogen-bond acceptors (Lipinski definition) is 3. The molecule has 0 fully saturated rings. The molecule has 3 nitrogen and oxygen atoms in total. The number of benzene rings is 1. The lowest BCUT2D eigenvalue weighted by Gasteiger charge is -2.06. The first-order valence-electron chi connectivity index (χ1n) is 5.07. The van der Waals surface area contributed by atoms with Crippen LogP contribution in [0.2, 0.25) is 5.15 Å². The first-order chi connectivity index (χ1) is 8.49. The van der Waals surface area contributed by atoms with Gasteiger partial charge in [-0.3, -0.25) is 0 Å². The highest BCUT2D eigenvalue weighted by Gasteiger charge is 2.17. The van der Waals surface area contributed by atoms with Gasteiger partial charge in [-0.25, -0.2) is 13.4 Å². The molecule has 94 valence electrons. The van der Waals surface area contributed by atoms with Crippen LogP contribution in [0.4, 0.5) is 0 Å². The van der Waals surface area contributed by atoms with Gasteiger partial charge in [0.15, 0.2) is 9.84 Å². The van der Waals surface area contributed by atoms with Gasteiger partial charge < -0.3 is 0 Å². The predicted octanol–water partition coefficient (Wildman–Crippen LogP) is 3.47. The van der Waals surface area contributed by atoms with Crippen LogP contribution in [-0.2, 0) is 15.6 Å². The van der Waals surface area contributed by atoms with Gasteiger partial charge in [-0.1, -0.05) is 29.8 Å². The quantitative estimate of drug-likeness (QED) is 0.800. The van der Waals surface area contributed by atoms with Gasteiger partial charge in [0.1, 0.15) is 5.15 Å². The molecular weight excluding hydrogens is 338 g/mol. The molecule has 18 heavy (non-hydrogen) atoms. The lowest BCUT2D eigenvalue weighted by Crippen LogP contribution is -2.05. The molecule has 0 atom stereocenters. The minimum Gasteiger partial charge on any atom is -0.243 e. The van der Waals surface area contributed by atoms with Gasteiger partial charge in [-0.2, -0.15) is 0 Å². The van der Waals surface area contributed by atoms with E-state index in [0.29, 0.717) is 10.0 Å². The van der Waals surface area contributed by atoms with Crippen molar-refractivity contribution in [1.82, 2.24) is 4.98 Å². The van der Waals surface area contributed by atoms with Crippen LogP contribution < -0.4 is 0 Å². The first kappa shape index (κ1) is 13.5. The zero-order valence-corrected chi connectivity index (χ0v) is 12.3. The Hall–Kier alpha value is -0.910. The van der Waals surface area contributed by atoms with Crippen molar-refractivity contribution in [3.05, 3.63) is 57.8 Å². The van der Waals surface area contributed by atoms with E-state index in [4.69, 9.17) is 11.6 Å². The fraction of sp³-hybridized carbons (Fsp3) is 0.0833. The van der Waals surface area contributed by atoms with E-state index in [1.165, 1.54) is 6.20 Å². The normalized spacial score (nSPS) is 11.4. The smallest absolute Gasteiger partial charge is 0.182 e. The molecule has 0 aliphatic heterocycles. The molecule has 1 aromatic heterocycles. The van der Waals surface area contributed by atoms with Crippen molar-refractivity contribution in [3.8, 4) is 0 Å². The zero-order chi connectivity index (χ0) is 13.2. The number of hydrogen-bond donors (Lipinski definition) is 0. The maximum Gasteiger partial charge on any atom is 0.182 e. The second-order valence-corrected chi connectivity index (χ2v) is 6.94. The molecule has 2 rings (SSSR count). The van der Waals surface area contributed by atoms with Crippen LogP contribution in [0.1, 0.15) is 5.56 Å². The van der Waals surface area contributed by atoms with Gasteiger partial charge >= 0.3 is 0 Å². The third-order valence-electron chi connectivity index (χ3n) is 2.33. The van der Waals surface area contributed by atoms with Crippen LogP contribution in [0.25, 0.3) is 0 Å². The molecular formula is C12H9BrClNO2S. The zero-order valence-electron chi connectivity index (χ0n) is 9.18. The van der Waals surface area contributed by atoms with Crippen LogP contribution in [0.5, 0.6) is 0 Å². The highest BCUT2D eigenvalue weighted by atomic mass is 79.9. The highest BCUT2D eigenvalue weighted by Crippen LogP contribution is 2.23. The summed E-state index contributed by atoms with van der Waals surface area (Å²) in [7, 11) is -3.40. The molecule has 0 bridgehead atoms. The highest BCUT2D eigenvalue weighted by molar-refractivity contribution is 9.10. The average Bonchev–Trinajstić information content (AvgIpc) is 2.35. The maximum atomic E-state index is 12.2. The van der Waals surface area contributed by atoms with E-state index in [-0.39, 0.29) is 15.8 Å². The molecule has 0 N–H and O–H groups in total. The van der Waals surface area contributed by atoms with Crippen molar-refractivity contribution < 1.29 is 8.42 Å². The Bertz CT molecular complexity index is 659. The van der Waals surface area contributed by atoms with Crippen LogP contribution in [0, 0.1) is 0 Å². The Morgan fingerprint density at radius 1 is 1.22 bits per heavy atom. The number of nitrogens with zero attached hydrogens (tertiary/aromatic N) is 1. The van der Waals surface area contributed by atoms with Crippen molar-refractivity contribution >= 4 is 37.4 Å². The van der Waals surface area contributed by atoms with E-state index in [2.05, 4.69) is 20.9 Å². The molecule has 0 radical (unpaired) electrons. The molecule has 1 aromatic carbocycles. The molecule has 2 aromatic rings. The van der Waals surface area contributed by atoms with E-state index < -0.39 is 9.84 Å². The van der Waals surface area contributed by atoms with E-state index >= 15 is 0 Å². The number of aromatic nitrogens is 1. The van der Waals surface area contributed by atoms with Gasteiger partial charge in [0, 0.05) is 16.2 Å². The minimum absolute atomic E-state index is 0.164. The summed E-state index contributed by atoms with van der Waals surface area (Å²) >= 11 is 9.14. The van der Waals surface area contributed by atoms with Crippen molar-refractivity contribution in [1.29, 1.82) is 0 Å².